The van der Waals surface area contributed by atoms with Gasteiger partial charge in [0, 0.05) is 11.8 Å². The Kier molecular flexibility index (Phi) is 8.89. The van der Waals surface area contributed by atoms with Crippen molar-refractivity contribution in [1.29, 1.82) is 0 Å². The first-order chi connectivity index (χ1) is 8.13. The fourth-order valence-electron chi connectivity index (χ4n) is 1.42. The van der Waals surface area contributed by atoms with Crippen LogP contribution in [-0.4, -0.2) is 30.0 Å². The topological polar surface area (TPSA) is 55.1 Å². The largest absolute Gasteiger partial charge is 0.354 e. The average Bonchev–Trinajstić information content (AvgIpc) is 2.36. The average molecular weight is 289 g/mol. The molecule has 1 rings (SSSR count). The number of benzene rings is 1. The van der Waals surface area contributed by atoms with Crippen LogP contribution in [0.2, 0.25) is 0 Å². The van der Waals surface area contributed by atoms with E-state index in [2.05, 4.69) is 12.2 Å². The third kappa shape index (κ3) is 6.28. The predicted molar refractivity (Wildman–Crippen MR) is 81.4 cm³/mol. The van der Waals surface area contributed by atoms with E-state index in [1.54, 1.807) is 11.8 Å². The summed E-state index contributed by atoms with van der Waals surface area (Å²) in [4.78, 5) is 11.7. The van der Waals surface area contributed by atoms with Gasteiger partial charge in [-0.15, -0.1) is 12.4 Å². The number of halogens is 1. The number of amides is 1. The van der Waals surface area contributed by atoms with Crippen molar-refractivity contribution in [2.75, 3.05) is 12.8 Å². The van der Waals surface area contributed by atoms with Crippen LogP contribution in [0.1, 0.15) is 12.5 Å². The number of carbonyl (C=O) groups is 1. The lowest BCUT2D eigenvalue weighted by molar-refractivity contribution is -0.122. The normalized spacial score (nSPS) is 13.3. The molecule has 5 heteroatoms. The Morgan fingerprint density at radius 1 is 1.39 bits per heavy atom. The molecule has 0 aliphatic rings. The number of nitrogens with one attached hydrogen (secondary N) is 1. The maximum Gasteiger partial charge on any atom is 0.237 e. The van der Waals surface area contributed by atoms with E-state index in [-0.39, 0.29) is 18.3 Å². The van der Waals surface area contributed by atoms with Gasteiger partial charge in [-0.3, -0.25) is 4.79 Å². The Hall–Kier alpha value is -0.710. The number of rotatable bonds is 6. The van der Waals surface area contributed by atoms with Crippen LogP contribution in [0.4, 0.5) is 0 Å². The van der Waals surface area contributed by atoms with E-state index in [0.717, 1.165) is 5.56 Å². The summed E-state index contributed by atoms with van der Waals surface area (Å²) in [6.45, 7) is 2.75. The fraction of sp³-hybridized carbons (Fsp3) is 0.462. The van der Waals surface area contributed by atoms with Crippen LogP contribution < -0.4 is 11.1 Å². The van der Waals surface area contributed by atoms with Gasteiger partial charge in [0.1, 0.15) is 0 Å². The van der Waals surface area contributed by atoms with Crippen LogP contribution in [0, 0.1) is 0 Å². The minimum atomic E-state index is -0.466. The number of nitrogens with two attached hydrogens (primary N) is 1. The minimum absolute atomic E-state index is 0. The zero-order chi connectivity index (χ0) is 12.7. The van der Waals surface area contributed by atoms with Crippen molar-refractivity contribution in [1.82, 2.24) is 5.32 Å². The molecule has 18 heavy (non-hydrogen) atoms. The molecular weight excluding hydrogens is 268 g/mol. The van der Waals surface area contributed by atoms with Gasteiger partial charge < -0.3 is 11.1 Å². The molecule has 0 fully saturated rings. The van der Waals surface area contributed by atoms with Crippen LogP contribution in [0.25, 0.3) is 0 Å². The summed E-state index contributed by atoms with van der Waals surface area (Å²) in [6, 6.07) is 9.36. The van der Waals surface area contributed by atoms with Crippen molar-refractivity contribution in [3.8, 4) is 0 Å². The van der Waals surface area contributed by atoms with Gasteiger partial charge in [0.25, 0.3) is 0 Å². The highest BCUT2D eigenvalue weighted by Gasteiger charge is 2.14. The summed E-state index contributed by atoms with van der Waals surface area (Å²) >= 11 is 1.73. The summed E-state index contributed by atoms with van der Waals surface area (Å²) in [5.41, 5.74) is 6.95. The Labute approximate surface area is 119 Å². The second-order valence-corrected chi connectivity index (χ2v) is 5.36. The highest BCUT2D eigenvalue weighted by atomic mass is 35.5. The fourth-order valence-corrected chi connectivity index (χ4v) is 1.67. The zero-order valence-corrected chi connectivity index (χ0v) is 12.4. The molecule has 0 radical (unpaired) electrons. The molecule has 2 unspecified atom stereocenters. The van der Waals surface area contributed by atoms with Crippen LogP contribution in [0.15, 0.2) is 30.3 Å². The molecule has 0 bridgehead atoms. The van der Waals surface area contributed by atoms with Crippen molar-refractivity contribution in [2.24, 2.45) is 5.73 Å². The Balaban J connectivity index is 0.00000289. The molecule has 1 amide bonds. The first-order valence-corrected chi connectivity index (χ1v) is 7.02. The Morgan fingerprint density at radius 3 is 2.56 bits per heavy atom. The van der Waals surface area contributed by atoms with Crippen molar-refractivity contribution in [2.45, 2.75) is 24.6 Å². The Morgan fingerprint density at radius 2 is 2.00 bits per heavy atom. The maximum absolute atomic E-state index is 11.7. The molecule has 0 aromatic heterocycles. The van der Waals surface area contributed by atoms with Gasteiger partial charge >= 0.3 is 0 Å². The highest BCUT2D eigenvalue weighted by Crippen LogP contribution is 2.04. The molecule has 3 N–H and O–H groups in total. The quantitative estimate of drug-likeness (QED) is 0.840. The van der Waals surface area contributed by atoms with Crippen LogP contribution in [-0.2, 0) is 11.2 Å². The molecule has 0 spiro atoms. The molecule has 0 aliphatic carbocycles. The van der Waals surface area contributed by atoms with Gasteiger partial charge in [0.2, 0.25) is 5.91 Å². The summed E-state index contributed by atoms with van der Waals surface area (Å²) in [7, 11) is 0. The third-order valence-corrected chi connectivity index (χ3v) is 3.57. The van der Waals surface area contributed by atoms with Gasteiger partial charge in [0.05, 0.1) is 6.04 Å². The highest BCUT2D eigenvalue weighted by molar-refractivity contribution is 7.99. The molecule has 1 aromatic rings. The lowest BCUT2D eigenvalue weighted by Crippen LogP contribution is -2.43. The van der Waals surface area contributed by atoms with Gasteiger partial charge in [0.15, 0.2) is 0 Å². The third-order valence-electron chi connectivity index (χ3n) is 2.60. The number of thioether (sulfide) groups is 1. The molecule has 2 atom stereocenters. The predicted octanol–water partition coefficient (Wildman–Crippen LogP) is 1.85. The molecule has 102 valence electrons. The summed E-state index contributed by atoms with van der Waals surface area (Å²) in [5.74, 6) is -0.0743. The summed E-state index contributed by atoms with van der Waals surface area (Å²) in [5, 5.41) is 3.29. The first kappa shape index (κ1) is 17.3. The Bertz CT molecular complexity index is 348. The molecule has 0 saturated heterocycles. The number of carbonyl (C=O) groups excluding carboxylic acids is 1. The number of hydrogen-bond acceptors (Lipinski definition) is 3. The van der Waals surface area contributed by atoms with Crippen LogP contribution in [0.5, 0.6) is 0 Å². The van der Waals surface area contributed by atoms with Gasteiger partial charge in [-0.1, -0.05) is 37.3 Å². The van der Waals surface area contributed by atoms with Gasteiger partial charge in [-0.25, -0.2) is 0 Å². The second kappa shape index (κ2) is 9.25. The van der Waals surface area contributed by atoms with Gasteiger partial charge in [-0.05, 0) is 18.2 Å². The van der Waals surface area contributed by atoms with Crippen LogP contribution in [0.3, 0.4) is 0 Å². The zero-order valence-electron chi connectivity index (χ0n) is 10.8. The summed E-state index contributed by atoms with van der Waals surface area (Å²) < 4.78 is 0. The van der Waals surface area contributed by atoms with Gasteiger partial charge in [-0.2, -0.15) is 11.8 Å². The van der Waals surface area contributed by atoms with Crippen molar-refractivity contribution >= 4 is 30.1 Å². The van der Waals surface area contributed by atoms with Crippen LogP contribution >= 0.6 is 24.2 Å². The first-order valence-electron chi connectivity index (χ1n) is 5.73. The molecule has 3 nitrogen and oxygen atoms in total. The van der Waals surface area contributed by atoms with E-state index in [1.807, 2.05) is 36.6 Å². The smallest absolute Gasteiger partial charge is 0.237 e. The van der Waals surface area contributed by atoms with E-state index < -0.39 is 6.04 Å². The molecule has 0 aliphatic heterocycles. The molecule has 0 heterocycles. The van der Waals surface area contributed by atoms with E-state index in [4.69, 9.17) is 5.73 Å². The van der Waals surface area contributed by atoms with Crippen molar-refractivity contribution < 1.29 is 4.79 Å². The maximum atomic E-state index is 11.7. The van der Waals surface area contributed by atoms with Crippen molar-refractivity contribution in [3.05, 3.63) is 35.9 Å². The molecule has 1 aromatic carbocycles. The second-order valence-electron chi connectivity index (χ2n) is 4.09. The minimum Gasteiger partial charge on any atom is -0.354 e. The lowest BCUT2D eigenvalue weighted by atomic mass is 10.1. The number of hydrogen-bond donors (Lipinski definition) is 2. The lowest BCUT2D eigenvalue weighted by Gasteiger charge is -2.14. The van der Waals surface area contributed by atoms with E-state index in [9.17, 15) is 4.79 Å². The standard InChI is InChI=1S/C13H20N2OS.ClH/c1-10(17-2)9-15-13(16)12(14)8-11-6-4-3-5-7-11;/h3-7,10,12H,8-9,14H2,1-2H3,(H,15,16);1H. The molecule has 0 saturated carbocycles. The van der Waals surface area contributed by atoms with Crippen molar-refractivity contribution in [3.63, 3.8) is 0 Å². The van der Waals surface area contributed by atoms with E-state index >= 15 is 0 Å². The monoisotopic (exact) mass is 288 g/mol. The summed E-state index contributed by atoms with van der Waals surface area (Å²) in [6.07, 6.45) is 2.61. The van der Waals surface area contributed by atoms with E-state index in [1.165, 1.54) is 0 Å². The SMILES string of the molecule is CSC(C)CNC(=O)C(N)Cc1ccccc1.Cl. The van der Waals surface area contributed by atoms with E-state index in [0.29, 0.717) is 18.2 Å². The molecular formula is C13H21ClN2OS.